The van der Waals surface area contributed by atoms with E-state index in [0.717, 1.165) is 12.1 Å². The van der Waals surface area contributed by atoms with Gasteiger partial charge < -0.3 is 0 Å². The van der Waals surface area contributed by atoms with Crippen LogP contribution >= 0.6 is 0 Å². The van der Waals surface area contributed by atoms with Gasteiger partial charge in [0, 0.05) is 11.8 Å². The number of hydrogen-bond donors (Lipinski definition) is 2. The number of nitrogens with one attached hydrogen (secondary N) is 2. The third-order valence-electron chi connectivity index (χ3n) is 1.49. The number of nitrogens with zero attached hydrogens (tertiary/aromatic N) is 1. The number of hydrogen-bond acceptors (Lipinski definition) is 2. The Hall–Kier alpha value is -1.76. The Balaban J connectivity index is 2.62. The van der Waals surface area contributed by atoms with Crippen molar-refractivity contribution in [3.05, 3.63) is 11.8 Å². The van der Waals surface area contributed by atoms with Crippen LogP contribution in [0, 0.1) is 11.8 Å². The van der Waals surface area contributed by atoms with E-state index >= 15 is 0 Å². The van der Waals surface area contributed by atoms with Crippen molar-refractivity contribution < 1.29 is 4.79 Å². The van der Waals surface area contributed by atoms with E-state index < -0.39 is 0 Å². The Labute approximate surface area is 76.7 Å². The molecule has 0 aliphatic carbocycles. The lowest BCUT2D eigenvalue weighted by Gasteiger charge is -1.91. The fourth-order valence-corrected chi connectivity index (χ4v) is 0.868. The van der Waals surface area contributed by atoms with Crippen molar-refractivity contribution in [2.75, 3.05) is 5.32 Å². The topological polar surface area (TPSA) is 57.8 Å². The molecule has 1 amide bonds. The van der Waals surface area contributed by atoms with Crippen LogP contribution in [0.25, 0.3) is 0 Å². The fourth-order valence-electron chi connectivity index (χ4n) is 0.868. The molecule has 1 rings (SSSR count). The molecule has 0 saturated carbocycles. The Morgan fingerprint density at radius 2 is 2.54 bits per heavy atom. The van der Waals surface area contributed by atoms with E-state index in [1.807, 2.05) is 6.92 Å². The van der Waals surface area contributed by atoms with Gasteiger partial charge in [0.25, 0.3) is 0 Å². The summed E-state index contributed by atoms with van der Waals surface area (Å²) < 4.78 is 0. The molecule has 0 saturated heterocycles. The number of aryl methyl sites for hydroxylation is 1. The molecule has 0 atom stereocenters. The van der Waals surface area contributed by atoms with Crippen LogP contribution in [0.5, 0.6) is 0 Å². The highest BCUT2D eigenvalue weighted by Gasteiger charge is 2.01. The molecule has 0 radical (unpaired) electrons. The zero-order valence-electron chi connectivity index (χ0n) is 7.64. The summed E-state index contributed by atoms with van der Waals surface area (Å²) >= 11 is 0. The molecule has 0 aliphatic rings. The minimum absolute atomic E-state index is 0.336. The maximum absolute atomic E-state index is 11.0. The first-order valence-electron chi connectivity index (χ1n) is 4.04. The van der Waals surface area contributed by atoms with Crippen LogP contribution in [0.2, 0.25) is 0 Å². The molecule has 0 fully saturated rings. The van der Waals surface area contributed by atoms with Crippen LogP contribution in [-0.2, 0) is 11.2 Å². The first-order valence-corrected chi connectivity index (χ1v) is 4.04. The summed E-state index contributed by atoms with van der Waals surface area (Å²) in [6.07, 6.45) is 0.863. The van der Waals surface area contributed by atoms with Gasteiger partial charge in [0.2, 0.25) is 0 Å². The van der Waals surface area contributed by atoms with Crippen LogP contribution in [0.3, 0.4) is 0 Å². The molecular formula is C9H11N3O. The van der Waals surface area contributed by atoms with Gasteiger partial charge in [-0.15, -0.1) is 0 Å². The van der Waals surface area contributed by atoms with Crippen LogP contribution in [0.15, 0.2) is 6.07 Å². The normalized spacial score (nSPS) is 8.77. The largest absolute Gasteiger partial charge is 0.301 e. The number of aromatic nitrogens is 2. The average Bonchev–Trinajstić information content (AvgIpc) is 2.52. The molecule has 0 unspecified atom stereocenters. The molecule has 2 N–H and O–H groups in total. The number of carbonyl (C=O) groups excluding carboxylic acids is 1. The molecule has 1 aromatic rings. The second kappa shape index (κ2) is 4.31. The molecule has 1 aromatic heterocycles. The second-order valence-electron chi connectivity index (χ2n) is 2.46. The minimum Gasteiger partial charge on any atom is -0.298 e. The van der Waals surface area contributed by atoms with Crippen molar-refractivity contribution in [1.29, 1.82) is 0 Å². The predicted octanol–water partition coefficient (Wildman–Crippen LogP) is 0.934. The quantitative estimate of drug-likeness (QED) is 0.660. The smallest absolute Gasteiger partial charge is 0.298 e. The highest BCUT2D eigenvalue weighted by atomic mass is 16.1. The van der Waals surface area contributed by atoms with E-state index in [0.29, 0.717) is 5.82 Å². The lowest BCUT2D eigenvalue weighted by Crippen LogP contribution is -2.08. The molecule has 0 aromatic carbocycles. The number of carbonyl (C=O) groups is 1. The Morgan fingerprint density at radius 3 is 3.08 bits per heavy atom. The molecule has 68 valence electrons. The van der Waals surface area contributed by atoms with Crippen LogP contribution < -0.4 is 5.32 Å². The maximum atomic E-state index is 11.0. The van der Waals surface area contributed by atoms with E-state index in [9.17, 15) is 4.79 Å². The SMILES string of the molecule is CC#CC(=O)Nc1cc(CC)[nH]n1. The van der Waals surface area contributed by atoms with Crippen molar-refractivity contribution >= 4 is 11.7 Å². The highest BCUT2D eigenvalue weighted by molar-refractivity contribution is 6.03. The summed E-state index contributed by atoms with van der Waals surface area (Å²) in [6.45, 7) is 3.62. The van der Waals surface area contributed by atoms with Crippen molar-refractivity contribution in [1.82, 2.24) is 10.2 Å². The van der Waals surface area contributed by atoms with Crippen LogP contribution in [0.4, 0.5) is 5.82 Å². The molecule has 0 spiro atoms. The predicted molar refractivity (Wildman–Crippen MR) is 50.0 cm³/mol. The molecule has 0 bridgehead atoms. The molecule has 4 heteroatoms. The van der Waals surface area contributed by atoms with E-state index in [1.165, 1.54) is 0 Å². The first kappa shape index (κ1) is 9.33. The number of rotatable bonds is 2. The van der Waals surface area contributed by atoms with Gasteiger partial charge in [-0.25, -0.2) is 0 Å². The standard InChI is InChI=1S/C9H11N3O/c1-3-5-9(13)10-8-6-7(4-2)11-12-8/h6H,4H2,1-2H3,(H2,10,11,12,13). The summed E-state index contributed by atoms with van der Waals surface area (Å²) in [5.41, 5.74) is 0.986. The summed E-state index contributed by atoms with van der Waals surface area (Å²) in [6, 6.07) is 1.79. The van der Waals surface area contributed by atoms with Gasteiger partial charge in [-0.1, -0.05) is 12.8 Å². The molecule has 1 heterocycles. The Kier molecular flexibility index (Phi) is 3.09. The van der Waals surface area contributed by atoms with Crippen LogP contribution in [0.1, 0.15) is 19.5 Å². The summed E-state index contributed by atoms with van der Waals surface area (Å²) in [4.78, 5) is 11.0. The van der Waals surface area contributed by atoms with Gasteiger partial charge in [-0.05, 0) is 19.3 Å². The van der Waals surface area contributed by atoms with Gasteiger partial charge in [0.05, 0.1) is 0 Å². The first-order chi connectivity index (χ1) is 6.26. The van der Waals surface area contributed by atoms with E-state index in [-0.39, 0.29) is 5.91 Å². The third kappa shape index (κ3) is 2.64. The second-order valence-corrected chi connectivity index (χ2v) is 2.46. The van der Waals surface area contributed by atoms with Gasteiger partial charge in [-0.3, -0.25) is 15.2 Å². The van der Waals surface area contributed by atoms with Gasteiger partial charge in [-0.2, -0.15) is 5.10 Å². The van der Waals surface area contributed by atoms with Gasteiger partial charge in [0.15, 0.2) is 5.82 Å². The molecule has 13 heavy (non-hydrogen) atoms. The molecule has 4 nitrogen and oxygen atoms in total. The molecule has 0 aliphatic heterocycles. The van der Waals surface area contributed by atoms with E-state index in [4.69, 9.17) is 0 Å². The number of aromatic amines is 1. The zero-order chi connectivity index (χ0) is 9.68. The van der Waals surface area contributed by atoms with Crippen molar-refractivity contribution in [3.8, 4) is 11.8 Å². The van der Waals surface area contributed by atoms with Gasteiger partial charge >= 0.3 is 5.91 Å². The average molecular weight is 177 g/mol. The minimum atomic E-state index is -0.336. The Bertz CT molecular complexity index is 356. The lowest BCUT2D eigenvalue weighted by atomic mass is 10.3. The van der Waals surface area contributed by atoms with Crippen molar-refractivity contribution in [3.63, 3.8) is 0 Å². The number of H-pyrrole nitrogens is 1. The monoisotopic (exact) mass is 177 g/mol. The van der Waals surface area contributed by atoms with Crippen molar-refractivity contribution in [2.45, 2.75) is 20.3 Å². The molecular weight excluding hydrogens is 166 g/mol. The fraction of sp³-hybridized carbons (Fsp3) is 0.333. The zero-order valence-corrected chi connectivity index (χ0v) is 7.64. The summed E-state index contributed by atoms with van der Waals surface area (Å²) in [5, 5.41) is 9.22. The van der Waals surface area contributed by atoms with E-state index in [1.54, 1.807) is 13.0 Å². The van der Waals surface area contributed by atoms with E-state index in [2.05, 4.69) is 27.4 Å². The summed E-state index contributed by atoms with van der Waals surface area (Å²) in [5.74, 6) is 5.06. The highest BCUT2D eigenvalue weighted by Crippen LogP contribution is 2.04. The maximum Gasteiger partial charge on any atom is 0.301 e. The van der Waals surface area contributed by atoms with Gasteiger partial charge in [0.1, 0.15) is 0 Å². The lowest BCUT2D eigenvalue weighted by molar-refractivity contribution is -0.111. The summed E-state index contributed by atoms with van der Waals surface area (Å²) in [7, 11) is 0. The number of anilines is 1. The third-order valence-corrected chi connectivity index (χ3v) is 1.49. The Morgan fingerprint density at radius 1 is 1.77 bits per heavy atom. The van der Waals surface area contributed by atoms with Crippen LogP contribution in [-0.4, -0.2) is 16.1 Å². The number of amides is 1. The van der Waals surface area contributed by atoms with Crippen molar-refractivity contribution in [2.24, 2.45) is 0 Å².